The van der Waals surface area contributed by atoms with Gasteiger partial charge in [-0.1, -0.05) is 11.6 Å². The Hall–Kier alpha value is -2.48. The number of nitrogens with one attached hydrogen (secondary N) is 1. The predicted octanol–water partition coefficient (Wildman–Crippen LogP) is 2.84. The van der Waals surface area contributed by atoms with Gasteiger partial charge in [-0.3, -0.25) is 14.0 Å². The summed E-state index contributed by atoms with van der Waals surface area (Å²) < 4.78 is 71.9. The van der Waals surface area contributed by atoms with Crippen molar-refractivity contribution in [3.8, 4) is 0 Å². The first-order valence-electron chi connectivity index (χ1n) is 8.40. The van der Waals surface area contributed by atoms with E-state index in [-0.39, 0.29) is 11.3 Å². The second kappa shape index (κ2) is 8.57. The first-order valence-corrected chi connectivity index (χ1v) is 11.1. The van der Waals surface area contributed by atoms with Crippen molar-refractivity contribution >= 4 is 43.9 Å². The summed E-state index contributed by atoms with van der Waals surface area (Å²) in [5.74, 6) is -1.01. The molecule has 0 aliphatic rings. The number of fused-ring (bicyclic) bond motifs is 1. The minimum atomic E-state index is -4.86. The summed E-state index contributed by atoms with van der Waals surface area (Å²) >= 11 is 6.68. The van der Waals surface area contributed by atoms with Crippen LogP contribution in [0.15, 0.2) is 45.5 Å². The zero-order valence-electron chi connectivity index (χ0n) is 15.5. The van der Waals surface area contributed by atoms with Crippen LogP contribution in [0.25, 0.3) is 4.96 Å². The number of alkyl halides is 3. The van der Waals surface area contributed by atoms with Crippen LogP contribution >= 0.6 is 22.9 Å². The fourth-order valence-electron chi connectivity index (χ4n) is 2.47. The van der Waals surface area contributed by atoms with Gasteiger partial charge < -0.3 is 4.74 Å². The zero-order chi connectivity index (χ0) is 23.0. The van der Waals surface area contributed by atoms with Crippen LogP contribution in [0.5, 0.6) is 0 Å². The lowest BCUT2D eigenvalue weighted by molar-refractivity contribution is -0.146. The largest absolute Gasteiger partial charge is 0.458 e. The van der Waals surface area contributed by atoms with Gasteiger partial charge in [-0.05, 0) is 25.1 Å². The molecule has 1 unspecified atom stereocenters. The van der Waals surface area contributed by atoms with Crippen LogP contribution in [0.4, 0.5) is 13.2 Å². The normalized spacial score (nSPS) is 13.3. The second-order valence-corrected chi connectivity index (χ2v) is 9.23. The summed E-state index contributed by atoms with van der Waals surface area (Å²) in [7, 11) is -4.49. The van der Waals surface area contributed by atoms with Crippen LogP contribution in [0.2, 0.25) is 5.02 Å². The summed E-state index contributed by atoms with van der Waals surface area (Å²) in [5, 5.41) is 0.988. The van der Waals surface area contributed by atoms with E-state index in [0.29, 0.717) is 11.0 Å². The maximum Gasteiger partial charge on any atom is 0.417 e. The minimum absolute atomic E-state index is 0.156. The number of aromatic nitrogens is 2. The van der Waals surface area contributed by atoms with E-state index < -0.39 is 50.3 Å². The van der Waals surface area contributed by atoms with Crippen LogP contribution in [0.1, 0.15) is 18.2 Å². The summed E-state index contributed by atoms with van der Waals surface area (Å²) in [6.45, 7) is 0.763. The second-order valence-electron chi connectivity index (χ2n) is 6.23. The Balaban J connectivity index is 1.70. The van der Waals surface area contributed by atoms with Crippen molar-refractivity contribution in [3.05, 3.63) is 62.5 Å². The van der Waals surface area contributed by atoms with E-state index in [1.807, 2.05) is 4.72 Å². The lowest BCUT2D eigenvalue weighted by Gasteiger charge is -2.15. The first kappa shape index (κ1) is 23.2. The zero-order valence-corrected chi connectivity index (χ0v) is 17.9. The molecule has 2 heterocycles. The van der Waals surface area contributed by atoms with E-state index >= 15 is 0 Å². The Morgan fingerprint density at radius 3 is 2.74 bits per heavy atom. The molecule has 1 N–H and O–H groups in total. The first-order chi connectivity index (χ1) is 14.4. The highest BCUT2D eigenvalue weighted by Gasteiger charge is 2.35. The monoisotopic (exact) mass is 495 g/mol. The van der Waals surface area contributed by atoms with Gasteiger partial charge in [-0.25, -0.2) is 13.4 Å². The number of carbonyl (C=O) groups is 1. The van der Waals surface area contributed by atoms with Crippen molar-refractivity contribution in [2.24, 2.45) is 0 Å². The smallest absolute Gasteiger partial charge is 0.417 e. The van der Waals surface area contributed by atoms with E-state index in [9.17, 15) is 31.2 Å². The van der Waals surface area contributed by atoms with Crippen LogP contribution in [0, 0.1) is 0 Å². The van der Waals surface area contributed by atoms with Gasteiger partial charge in [0.25, 0.3) is 5.56 Å². The van der Waals surface area contributed by atoms with E-state index in [2.05, 4.69) is 4.98 Å². The van der Waals surface area contributed by atoms with Gasteiger partial charge in [-0.2, -0.15) is 17.9 Å². The number of esters is 1. The molecule has 0 radical (unpaired) electrons. The topological polar surface area (TPSA) is 107 Å². The average Bonchev–Trinajstić information content (AvgIpc) is 3.14. The van der Waals surface area contributed by atoms with Crippen LogP contribution in [-0.4, -0.2) is 29.8 Å². The fourth-order valence-corrected chi connectivity index (χ4v) is 4.65. The van der Waals surface area contributed by atoms with Gasteiger partial charge in [0.1, 0.15) is 12.6 Å². The fraction of sp³-hybridized carbons (Fsp3) is 0.235. The Morgan fingerprint density at radius 1 is 1.35 bits per heavy atom. The highest BCUT2D eigenvalue weighted by Crippen LogP contribution is 2.35. The molecule has 1 aromatic carbocycles. The molecule has 0 saturated carbocycles. The van der Waals surface area contributed by atoms with Gasteiger partial charge in [0.2, 0.25) is 10.0 Å². The Bertz CT molecular complexity index is 1300. The number of hydrogen-bond donors (Lipinski definition) is 1. The molecule has 2 aromatic heterocycles. The number of halogens is 4. The summed E-state index contributed by atoms with van der Waals surface area (Å²) in [6, 6.07) is 1.78. The molecule has 3 rings (SSSR count). The molecule has 3 aromatic rings. The third kappa shape index (κ3) is 5.23. The maximum atomic E-state index is 13.0. The SMILES string of the molecule is CC(NS(=O)(=O)c1ccc(Cl)c(C(F)(F)F)c1)C(=O)OCc1cc(=O)n2ccsc2n1. The molecule has 31 heavy (non-hydrogen) atoms. The summed E-state index contributed by atoms with van der Waals surface area (Å²) in [5.41, 5.74) is -1.55. The molecule has 0 fully saturated rings. The van der Waals surface area contributed by atoms with Crippen molar-refractivity contribution in [2.75, 3.05) is 0 Å². The van der Waals surface area contributed by atoms with Gasteiger partial charge in [0.05, 0.1) is 21.2 Å². The van der Waals surface area contributed by atoms with Crippen molar-refractivity contribution < 1.29 is 31.1 Å². The maximum absolute atomic E-state index is 13.0. The Kier molecular flexibility index (Phi) is 6.41. The number of benzene rings is 1. The molecule has 0 saturated heterocycles. The third-order valence-corrected chi connectivity index (χ3v) is 6.58. The third-order valence-electron chi connectivity index (χ3n) is 3.96. The Labute approximate surface area is 182 Å². The van der Waals surface area contributed by atoms with Crippen molar-refractivity contribution in [1.29, 1.82) is 0 Å². The summed E-state index contributed by atoms with van der Waals surface area (Å²) in [6.07, 6.45) is -3.33. The summed E-state index contributed by atoms with van der Waals surface area (Å²) in [4.78, 5) is 27.9. The molecular formula is C17H13ClF3N3O5S2. The molecule has 0 bridgehead atoms. The van der Waals surface area contributed by atoms with Gasteiger partial charge >= 0.3 is 12.1 Å². The van der Waals surface area contributed by atoms with Crippen LogP contribution < -0.4 is 10.3 Å². The van der Waals surface area contributed by atoms with Crippen molar-refractivity contribution in [3.63, 3.8) is 0 Å². The van der Waals surface area contributed by atoms with Crippen LogP contribution in [0.3, 0.4) is 0 Å². The van der Waals surface area contributed by atoms with E-state index in [0.717, 1.165) is 25.1 Å². The van der Waals surface area contributed by atoms with E-state index in [1.165, 1.54) is 21.9 Å². The lowest BCUT2D eigenvalue weighted by atomic mass is 10.2. The van der Waals surface area contributed by atoms with Gasteiger partial charge in [0.15, 0.2) is 4.96 Å². The molecule has 14 heteroatoms. The number of thiazole rings is 1. The number of sulfonamides is 1. The van der Waals surface area contributed by atoms with E-state index in [1.54, 1.807) is 5.38 Å². The molecule has 0 aliphatic carbocycles. The minimum Gasteiger partial charge on any atom is -0.458 e. The van der Waals surface area contributed by atoms with Crippen LogP contribution in [-0.2, 0) is 32.3 Å². The quantitative estimate of drug-likeness (QED) is 0.527. The Morgan fingerprint density at radius 2 is 2.06 bits per heavy atom. The molecule has 1 atom stereocenters. The standard InChI is InChI=1S/C17H13ClF3N3O5S2/c1-9(15(26)29-8-10-6-14(25)24-4-5-30-16(24)22-10)23-31(27,28)11-2-3-13(18)12(7-11)17(19,20)21/h2-7,9,23H,8H2,1H3. The lowest BCUT2D eigenvalue weighted by Crippen LogP contribution is -2.39. The van der Waals surface area contributed by atoms with Gasteiger partial charge in [0, 0.05) is 17.6 Å². The number of nitrogens with zero attached hydrogens (tertiary/aromatic N) is 2. The van der Waals surface area contributed by atoms with Crippen molar-refractivity contribution in [2.45, 2.75) is 30.6 Å². The van der Waals surface area contributed by atoms with Crippen molar-refractivity contribution in [1.82, 2.24) is 14.1 Å². The average molecular weight is 496 g/mol. The molecule has 8 nitrogen and oxygen atoms in total. The molecule has 166 valence electrons. The molecule has 0 amide bonds. The number of ether oxygens (including phenoxy) is 1. The van der Waals surface area contributed by atoms with E-state index in [4.69, 9.17) is 16.3 Å². The predicted molar refractivity (Wildman–Crippen MR) is 105 cm³/mol. The number of carbonyl (C=O) groups excluding carboxylic acids is 1. The highest BCUT2D eigenvalue weighted by molar-refractivity contribution is 7.89. The molecular weight excluding hydrogens is 483 g/mol. The molecule has 0 spiro atoms. The molecule has 0 aliphatic heterocycles. The number of hydrogen-bond acceptors (Lipinski definition) is 7. The number of rotatable bonds is 6. The highest BCUT2D eigenvalue weighted by atomic mass is 35.5. The van der Waals surface area contributed by atoms with Gasteiger partial charge in [-0.15, -0.1) is 11.3 Å².